The van der Waals surface area contributed by atoms with E-state index in [4.69, 9.17) is 5.73 Å². The van der Waals surface area contributed by atoms with E-state index in [-0.39, 0.29) is 0 Å². The minimum Gasteiger partial charge on any atom is -0.326 e. The summed E-state index contributed by atoms with van der Waals surface area (Å²) in [4.78, 5) is 4.24. The number of aromatic nitrogens is 1. The first-order chi connectivity index (χ1) is 10.3. The molecule has 0 spiro atoms. The van der Waals surface area contributed by atoms with Gasteiger partial charge in [0.1, 0.15) is 0 Å². The van der Waals surface area contributed by atoms with Crippen molar-refractivity contribution in [2.45, 2.75) is 13.0 Å². The van der Waals surface area contributed by atoms with Crippen LogP contribution < -0.4 is 5.73 Å². The molecule has 0 atom stereocenters. The minimum absolute atomic E-state index is 0.521. The molecule has 3 rings (SSSR count). The van der Waals surface area contributed by atoms with E-state index in [1.807, 2.05) is 18.5 Å². The third-order valence-electron chi connectivity index (χ3n) is 3.57. The number of rotatable bonds is 4. The fraction of sp³-hybridized carbons (Fsp3) is 0.105. The molecule has 0 aliphatic heterocycles. The molecule has 21 heavy (non-hydrogen) atoms. The van der Waals surface area contributed by atoms with Crippen molar-refractivity contribution in [3.8, 4) is 11.1 Å². The molecule has 1 aromatic heterocycles. The Balaban J connectivity index is 1.80. The molecular formula is C19H18N2. The zero-order valence-electron chi connectivity index (χ0n) is 11.9. The van der Waals surface area contributed by atoms with Gasteiger partial charge in [0.2, 0.25) is 0 Å². The summed E-state index contributed by atoms with van der Waals surface area (Å²) in [5.41, 5.74) is 11.7. The van der Waals surface area contributed by atoms with Crippen LogP contribution in [0.2, 0.25) is 0 Å². The standard InChI is InChI=1S/C19H18N2/c20-12-17-11-19(14-21-13-17)18-8-6-16(7-9-18)10-15-4-2-1-3-5-15/h1-9,11,13-14H,10,12,20H2. The van der Waals surface area contributed by atoms with Crippen LogP contribution in [0.5, 0.6) is 0 Å². The zero-order chi connectivity index (χ0) is 14.5. The van der Waals surface area contributed by atoms with Gasteiger partial charge in [-0.2, -0.15) is 0 Å². The Bertz CT molecular complexity index is 703. The Morgan fingerprint density at radius 3 is 2.14 bits per heavy atom. The highest BCUT2D eigenvalue weighted by atomic mass is 14.6. The number of nitrogens with two attached hydrogens (primary N) is 1. The second-order valence-electron chi connectivity index (χ2n) is 5.15. The van der Waals surface area contributed by atoms with Gasteiger partial charge in [0, 0.05) is 24.5 Å². The first-order valence-electron chi connectivity index (χ1n) is 7.12. The summed E-state index contributed by atoms with van der Waals surface area (Å²) >= 11 is 0. The molecule has 2 N–H and O–H groups in total. The van der Waals surface area contributed by atoms with Gasteiger partial charge < -0.3 is 5.73 Å². The van der Waals surface area contributed by atoms with E-state index < -0.39 is 0 Å². The first kappa shape index (κ1) is 13.5. The van der Waals surface area contributed by atoms with Crippen LogP contribution in [0.3, 0.4) is 0 Å². The highest BCUT2D eigenvalue weighted by Gasteiger charge is 2.01. The molecule has 3 aromatic rings. The van der Waals surface area contributed by atoms with E-state index in [1.54, 1.807) is 0 Å². The maximum Gasteiger partial charge on any atom is 0.0346 e. The van der Waals surface area contributed by atoms with Crippen molar-refractivity contribution in [1.29, 1.82) is 0 Å². The Morgan fingerprint density at radius 2 is 1.43 bits per heavy atom. The van der Waals surface area contributed by atoms with Gasteiger partial charge in [-0.15, -0.1) is 0 Å². The van der Waals surface area contributed by atoms with Crippen molar-refractivity contribution in [2.75, 3.05) is 0 Å². The van der Waals surface area contributed by atoms with E-state index >= 15 is 0 Å². The van der Waals surface area contributed by atoms with Gasteiger partial charge in [-0.05, 0) is 34.7 Å². The lowest BCUT2D eigenvalue weighted by Gasteiger charge is -2.06. The summed E-state index contributed by atoms with van der Waals surface area (Å²) < 4.78 is 0. The molecule has 0 amide bonds. The van der Waals surface area contributed by atoms with E-state index in [2.05, 4.69) is 59.6 Å². The molecule has 0 saturated heterocycles. The summed E-state index contributed by atoms with van der Waals surface area (Å²) in [6.07, 6.45) is 4.65. The van der Waals surface area contributed by atoms with E-state index in [0.29, 0.717) is 6.54 Å². The number of hydrogen-bond acceptors (Lipinski definition) is 2. The summed E-state index contributed by atoms with van der Waals surface area (Å²) in [7, 11) is 0. The molecular weight excluding hydrogens is 256 g/mol. The lowest BCUT2D eigenvalue weighted by Crippen LogP contribution is -1.97. The molecule has 2 nitrogen and oxygen atoms in total. The number of nitrogens with zero attached hydrogens (tertiary/aromatic N) is 1. The summed E-state index contributed by atoms with van der Waals surface area (Å²) in [5.74, 6) is 0. The first-order valence-corrected chi connectivity index (χ1v) is 7.12. The largest absolute Gasteiger partial charge is 0.326 e. The van der Waals surface area contributed by atoms with Crippen LogP contribution in [0.25, 0.3) is 11.1 Å². The van der Waals surface area contributed by atoms with Gasteiger partial charge in [-0.3, -0.25) is 4.98 Å². The highest BCUT2D eigenvalue weighted by molar-refractivity contribution is 5.63. The average molecular weight is 274 g/mol. The third kappa shape index (κ3) is 3.36. The number of benzene rings is 2. The van der Waals surface area contributed by atoms with Gasteiger partial charge in [-0.1, -0.05) is 54.6 Å². The molecule has 0 saturated carbocycles. The number of hydrogen-bond donors (Lipinski definition) is 1. The Kier molecular flexibility index (Phi) is 4.08. The highest BCUT2D eigenvalue weighted by Crippen LogP contribution is 2.21. The smallest absolute Gasteiger partial charge is 0.0346 e. The lowest BCUT2D eigenvalue weighted by molar-refractivity contribution is 1.05. The normalized spacial score (nSPS) is 10.5. The van der Waals surface area contributed by atoms with E-state index in [9.17, 15) is 0 Å². The SMILES string of the molecule is NCc1cncc(-c2ccc(Cc3ccccc3)cc2)c1. The van der Waals surface area contributed by atoms with Crippen LogP contribution in [-0.4, -0.2) is 4.98 Å². The monoisotopic (exact) mass is 274 g/mol. The van der Waals surface area contributed by atoms with Gasteiger partial charge in [0.15, 0.2) is 0 Å². The third-order valence-corrected chi connectivity index (χ3v) is 3.57. The molecule has 0 fully saturated rings. The fourth-order valence-corrected chi connectivity index (χ4v) is 2.40. The van der Waals surface area contributed by atoms with Crippen LogP contribution in [-0.2, 0) is 13.0 Å². The average Bonchev–Trinajstić information content (AvgIpc) is 2.56. The summed E-state index contributed by atoms with van der Waals surface area (Å²) in [6.45, 7) is 0.521. The van der Waals surface area contributed by atoms with Crippen LogP contribution in [0.15, 0.2) is 73.1 Å². The van der Waals surface area contributed by atoms with Gasteiger partial charge in [0.25, 0.3) is 0 Å². The van der Waals surface area contributed by atoms with Gasteiger partial charge in [0.05, 0.1) is 0 Å². The maximum absolute atomic E-state index is 5.67. The molecule has 2 heteroatoms. The number of pyridine rings is 1. The van der Waals surface area contributed by atoms with Crippen molar-refractivity contribution >= 4 is 0 Å². The molecule has 0 bridgehead atoms. The van der Waals surface area contributed by atoms with Gasteiger partial charge >= 0.3 is 0 Å². The van der Waals surface area contributed by atoms with Crippen LogP contribution in [0.4, 0.5) is 0 Å². The quantitative estimate of drug-likeness (QED) is 0.786. The Hall–Kier alpha value is -2.45. The topological polar surface area (TPSA) is 38.9 Å². The molecule has 104 valence electrons. The van der Waals surface area contributed by atoms with Crippen molar-refractivity contribution in [1.82, 2.24) is 4.98 Å². The second kappa shape index (κ2) is 6.33. The van der Waals surface area contributed by atoms with E-state index in [0.717, 1.165) is 17.5 Å². The van der Waals surface area contributed by atoms with Crippen LogP contribution in [0.1, 0.15) is 16.7 Å². The second-order valence-corrected chi connectivity index (χ2v) is 5.15. The fourth-order valence-electron chi connectivity index (χ4n) is 2.40. The summed E-state index contributed by atoms with van der Waals surface area (Å²) in [5, 5.41) is 0. The molecule has 2 aromatic carbocycles. The zero-order valence-corrected chi connectivity index (χ0v) is 11.9. The predicted molar refractivity (Wildman–Crippen MR) is 86.8 cm³/mol. The van der Waals surface area contributed by atoms with E-state index in [1.165, 1.54) is 16.7 Å². The van der Waals surface area contributed by atoms with Crippen molar-refractivity contribution in [3.63, 3.8) is 0 Å². The van der Waals surface area contributed by atoms with Crippen molar-refractivity contribution in [2.24, 2.45) is 5.73 Å². The van der Waals surface area contributed by atoms with Crippen molar-refractivity contribution in [3.05, 3.63) is 89.7 Å². The Morgan fingerprint density at radius 1 is 0.714 bits per heavy atom. The molecule has 0 aliphatic rings. The predicted octanol–water partition coefficient (Wildman–Crippen LogP) is 3.80. The summed E-state index contributed by atoms with van der Waals surface area (Å²) in [6, 6.07) is 21.3. The van der Waals surface area contributed by atoms with Crippen molar-refractivity contribution < 1.29 is 0 Å². The molecule has 0 unspecified atom stereocenters. The minimum atomic E-state index is 0.521. The molecule has 0 radical (unpaired) electrons. The van der Waals surface area contributed by atoms with Crippen LogP contribution >= 0.6 is 0 Å². The van der Waals surface area contributed by atoms with Crippen LogP contribution in [0, 0.1) is 0 Å². The molecule has 1 heterocycles. The molecule has 0 aliphatic carbocycles. The lowest BCUT2D eigenvalue weighted by atomic mass is 10.0. The Labute approximate surface area is 125 Å². The maximum atomic E-state index is 5.67. The van der Waals surface area contributed by atoms with Gasteiger partial charge in [-0.25, -0.2) is 0 Å².